The summed E-state index contributed by atoms with van der Waals surface area (Å²) < 4.78 is 39.5. The molecule has 1 aromatic rings. The van der Waals surface area contributed by atoms with Crippen LogP contribution >= 0.6 is 0 Å². The van der Waals surface area contributed by atoms with Gasteiger partial charge < -0.3 is 10.2 Å². The normalized spacial score (nSPS) is 28.2. The summed E-state index contributed by atoms with van der Waals surface area (Å²) in [4.78, 5) is 14.9. The smallest absolute Gasteiger partial charge is 0.353 e. The Hall–Kier alpha value is -1.57. The van der Waals surface area contributed by atoms with Gasteiger partial charge >= 0.3 is 6.18 Å². The summed E-state index contributed by atoms with van der Waals surface area (Å²) in [6, 6.07) is 2.23. The van der Waals surface area contributed by atoms with E-state index in [9.17, 15) is 18.0 Å². The van der Waals surface area contributed by atoms with Gasteiger partial charge in [-0.25, -0.2) is 0 Å². The van der Waals surface area contributed by atoms with Gasteiger partial charge in [0.15, 0.2) is 5.69 Å². The van der Waals surface area contributed by atoms with E-state index in [0.29, 0.717) is 17.8 Å². The van der Waals surface area contributed by atoms with E-state index in [0.717, 1.165) is 18.9 Å². The van der Waals surface area contributed by atoms with E-state index in [1.54, 1.807) is 13.8 Å². The molecule has 2 aliphatic rings. The Morgan fingerprint density at radius 1 is 1.36 bits per heavy atom. The zero-order valence-corrected chi connectivity index (χ0v) is 14.8. The number of halogens is 3. The Balaban J connectivity index is 1.57. The average molecular weight is 358 g/mol. The van der Waals surface area contributed by atoms with Crippen LogP contribution in [-0.2, 0) is 17.5 Å². The van der Waals surface area contributed by atoms with Crippen LogP contribution in [0.5, 0.6) is 0 Å². The van der Waals surface area contributed by atoms with Crippen LogP contribution in [0.25, 0.3) is 0 Å². The first-order valence-corrected chi connectivity index (χ1v) is 8.79. The van der Waals surface area contributed by atoms with Crippen LogP contribution in [-0.4, -0.2) is 45.8 Å². The number of aryl methyl sites for hydroxylation is 1. The van der Waals surface area contributed by atoms with Gasteiger partial charge in [0.2, 0.25) is 5.91 Å². The van der Waals surface area contributed by atoms with Crippen molar-refractivity contribution in [3.63, 3.8) is 0 Å². The lowest BCUT2D eigenvalue weighted by Gasteiger charge is -2.37. The molecule has 0 spiro atoms. The van der Waals surface area contributed by atoms with Crippen LogP contribution in [0.2, 0.25) is 0 Å². The van der Waals surface area contributed by atoms with Gasteiger partial charge in [0.05, 0.1) is 12.5 Å². The fourth-order valence-electron chi connectivity index (χ4n) is 4.05. The number of rotatable bonds is 4. The van der Waals surface area contributed by atoms with E-state index in [-0.39, 0.29) is 18.5 Å². The lowest BCUT2D eigenvalue weighted by Crippen LogP contribution is -2.50. The summed E-state index contributed by atoms with van der Waals surface area (Å²) in [6.07, 6.45) is -0.213. The van der Waals surface area contributed by atoms with Gasteiger partial charge in [0.1, 0.15) is 0 Å². The van der Waals surface area contributed by atoms with Crippen molar-refractivity contribution in [2.75, 3.05) is 7.05 Å². The number of aromatic nitrogens is 2. The molecule has 1 amide bonds. The number of hydrogen-bond donors (Lipinski definition) is 1. The van der Waals surface area contributed by atoms with Crippen LogP contribution < -0.4 is 5.32 Å². The van der Waals surface area contributed by atoms with Crippen LogP contribution in [0.15, 0.2) is 6.07 Å². The number of nitrogens with zero attached hydrogens (tertiary/aromatic N) is 3. The van der Waals surface area contributed by atoms with Crippen molar-refractivity contribution in [3.05, 3.63) is 17.5 Å². The maximum absolute atomic E-state index is 12.7. The maximum atomic E-state index is 12.7. The Labute approximate surface area is 145 Å². The molecule has 2 fully saturated rings. The highest BCUT2D eigenvalue weighted by atomic mass is 19.4. The largest absolute Gasteiger partial charge is 0.435 e. The second-order valence-corrected chi connectivity index (χ2v) is 7.48. The van der Waals surface area contributed by atoms with Gasteiger partial charge in [-0.1, -0.05) is 6.92 Å². The minimum absolute atomic E-state index is 0.114. The number of hydrogen-bond acceptors (Lipinski definition) is 3. The van der Waals surface area contributed by atoms with E-state index >= 15 is 0 Å². The van der Waals surface area contributed by atoms with E-state index in [1.807, 2.05) is 0 Å². The summed E-state index contributed by atoms with van der Waals surface area (Å²) in [7, 11) is 2.14. The zero-order chi connectivity index (χ0) is 18.4. The second-order valence-electron chi connectivity index (χ2n) is 7.48. The highest BCUT2D eigenvalue weighted by Crippen LogP contribution is 2.34. The van der Waals surface area contributed by atoms with Crippen molar-refractivity contribution in [2.45, 2.75) is 70.4 Å². The zero-order valence-electron chi connectivity index (χ0n) is 14.8. The molecule has 0 aliphatic carbocycles. The van der Waals surface area contributed by atoms with Crippen molar-refractivity contribution >= 4 is 5.91 Å². The third-order valence-electron chi connectivity index (χ3n) is 5.61. The Morgan fingerprint density at radius 2 is 1.96 bits per heavy atom. The molecule has 25 heavy (non-hydrogen) atoms. The molecule has 5 nitrogen and oxygen atoms in total. The second kappa shape index (κ2) is 6.63. The molecular weight excluding hydrogens is 333 g/mol. The van der Waals surface area contributed by atoms with Gasteiger partial charge in [-0.2, -0.15) is 18.3 Å². The molecule has 2 bridgehead atoms. The quantitative estimate of drug-likeness (QED) is 0.900. The van der Waals surface area contributed by atoms with E-state index in [2.05, 4.69) is 22.4 Å². The Morgan fingerprint density at radius 3 is 2.48 bits per heavy atom. The SMILES string of the molecule is Cc1cc(C(F)(F)F)nn1CC(C)C(=O)NC1CC2CCC(C1)N2C. The van der Waals surface area contributed by atoms with E-state index in [4.69, 9.17) is 0 Å². The summed E-state index contributed by atoms with van der Waals surface area (Å²) >= 11 is 0. The van der Waals surface area contributed by atoms with Gasteiger partial charge in [0, 0.05) is 23.8 Å². The Bertz CT molecular complexity index is 628. The van der Waals surface area contributed by atoms with Crippen molar-refractivity contribution in [1.82, 2.24) is 20.0 Å². The number of piperidine rings is 1. The fourth-order valence-corrected chi connectivity index (χ4v) is 4.05. The lowest BCUT2D eigenvalue weighted by atomic mass is 9.97. The van der Waals surface area contributed by atoms with E-state index in [1.165, 1.54) is 17.5 Å². The summed E-state index contributed by atoms with van der Waals surface area (Å²) in [5.41, 5.74) is -0.506. The molecule has 0 saturated carbocycles. The molecule has 1 N–H and O–H groups in total. The van der Waals surface area contributed by atoms with Crippen LogP contribution in [0.1, 0.15) is 44.0 Å². The summed E-state index contributed by atoms with van der Waals surface area (Å²) in [5.74, 6) is -0.547. The molecule has 3 atom stereocenters. The van der Waals surface area contributed by atoms with Gasteiger partial charge in [-0.3, -0.25) is 9.48 Å². The van der Waals surface area contributed by atoms with Crippen molar-refractivity contribution < 1.29 is 18.0 Å². The molecular formula is C17H25F3N4O. The number of carbonyl (C=O) groups excluding carboxylic acids is 1. The first-order chi connectivity index (χ1) is 11.6. The third-order valence-corrected chi connectivity index (χ3v) is 5.61. The van der Waals surface area contributed by atoms with E-state index < -0.39 is 17.8 Å². The van der Waals surface area contributed by atoms with Crippen molar-refractivity contribution in [3.8, 4) is 0 Å². The molecule has 140 valence electrons. The molecule has 3 heterocycles. The van der Waals surface area contributed by atoms with Gasteiger partial charge in [0.25, 0.3) is 0 Å². The highest BCUT2D eigenvalue weighted by Gasteiger charge is 2.39. The molecule has 0 aromatic carbocycles. The molecule has 8 heteroatoms. The minimum Gasteiger partial charge on any atom is -0.353 e. The Kier molecular flexibility index (Phi) is 4.83. The monoisotopic (exact) mass is 358 g/mol. The summed E-state index contributed by atoms with van der Waals surface area (Å²) in [5, 5.41) is 6.69. The number of nitrogens with one attached hydrogen (secondary N) is 1. The predicted molar refractivity (Wildman–Crippen MR) is 86.9 cm³/mol. The van der Waals surface area contributed by atoms with Gasteiger partial charge in [-0.05, 0) is 45.7 Å². The topological polar surface area (TPSA) is 50.2 Å². The van der Waals surface area contributed by atoms with Crippen LogP contribution in [0.3, 0.4) is 0 Å². The number of fused-ring (bicyclic) bond motifs is 2. The predicted octanol–water partition coefficient (Wildman–Crippen LogP) is 2.59. The standard InChI is InChI=1S/C17H25F3N4O/c1-10(9-24-11(2)6-15(22-24)17(18,19)20)16(25)21-12-7-13-4-5-14(8-12)23(13)3/h6,10,12-14H,4-5,7-9H2,1-3H3,(H,21,25). The summed E-state index contributed by atoms with van der Waals surface area (Å²) in [6.45, 7) is 3.45. The first kappa shape index (κ1) is 18.2. The number of alkyl halides is 3. The number of carbonyl (C=O) groups is 1. The van der Waals surface area contributed by atoms with Crippen LogP contribution in [0, 0.1) is 12.8 Å². The number of amides is 1. The van der Waals surface area contributed by atoms with Crippen molar-refractivity contribution in [1.29, 1.82) is 0 Å². The highest BCUT2D eigenvalue weighted by molar-refractivity contribution is 5.78. The molecule has 2 saturated heterocycles. The average Bonchev–Trinajstić information content (AvgIpc) is 2.96. The van der Waals surface area contributed by atoms with Crippen LogP contribution in [0.4, 0.5) is 13.2 Å². The molecule has 3 rings (SSSR count). The lowest BCUT2D eigenvalue weighted by molar-refractivity contribution is -0.141. The minimum atomic E-state index is -4.46. The third kappa shape index (κ3) is 3.83. The molecule has 0 radical (unpaired) electrons. The van der Waals surface area contributed by atoms with Gasteiger partial charge in [-0.15, -0.1) is 0 Å². The first-order valence-electron chi connectivity index (χ1n) is 8.79. The fraction of sp³-hybridized carbons (Fsp3) is 0.765. The molecule has 3 unspecified atom stereocenters. The molecule has 1 aromatic heterocycles. The van der Waals surface area contributed by atoms with Crippen molar-refractivity contribution in [2.24, 2.45) is 5.92 Å². The molecule has 2 aliphatic heterocycles. The maximum Gasteiger partial charge on any atom is 0.435 e.